The third-order valence-corrected chi connectivity index (χ3v) is 4.15. The van der Waals surface area contributed by atoms with Crippen LogP contribution in [0.25, 0.3) is 11.0 Å². The predicted molar refractivity (Wildman–Crippen MR) is 94.1 cm³/mol. The van der Waals surface area contributed by atoms with Crippen molar-refractivity contribution in [2.45, 2.75) is 31.8 Å². The Morgan fingerprint density at radius 3 is 2.54 bits per heavy atom. The topological polar surface area (TPSA) is 62.5 Å². The molecule has 124 valence electrons. The molecular formula is C20H21NO3. The largest absolute Gasteiger partial charge is 0.480 e. The van der Waals surface area contributed by atoms with Crippen molar-refractivity contribution in [3.63, 3.8) is 0 Å². The molecule has 24 heavy (non-hydrogen) atoms. The second-order valence-corrected chi connectivity index (χ2v) is 6.11. The summed E-state index contributed by atoms with van der Waals surface area (Å²) >= 11 is 0. The Morgan fingerprint density at radius 1 is 1.08 bits per heavy atom. The van der Waals surface area contributed by atoms with E-state index < -0.39 is 12.0 Å². The molecule has 4 nitrogen and oxygen atoms in total. The molecule has 1 aromatic heterocycles. The molecule has 2 N–H and O–H groups in total. The molecule has 0 spiro atoms. The van der Waals surface area contributed by atoms with E-state index in [2.05, 4.69) is 5.32 Å². The zero-order valence-corrected chi connectivity index (χ0v) is 13.6. The minimum atomic E-state index is -0.831. The number of hydrogen-bond donors (Lipinski definition) is 2. The van der Waals surface area contributed by atoms with Gasteiger partial charge >= 0.3 is 5.97 Å². The third-order valence-electron chi connectivity index (χ3n) is 4.15. The van der Waals surface area contributed by atoms with Crippen LogP contribution in [-0.2, 0) is 17.6 Å². The lowest BCUT2D eigenvalue weighted by molar-refractivity contribution is -0.139. The fourth-order valence-electron chi connectivity index (χ4n) is 2.99. The van der Waals surface area contributed by atoms with E-state index in [9.17, 15) is 9.90 Å². The molecule has 0 fully saturated rings. The van der Waals surface area contributed by atoms with E-state index in [1.165, 1.54) is 0 Å². The molecule has 0 saturated heterocycles. The highest BCUT2D eigenvalue weighted by Crippen LogP contribution is 2.22. The van der Waals surface area contributed by atoms with E-state index in [4.69, 9.17) is 4.42 Å². The van der Waals surface area contributed by atoms with Crippen molar-refractivity contribution in [2.75, 3.05) is 0 Å². The number of aliphatic carboxylic acids is 1. The summed E-state index contributed by atoms with van der Waals surface area (Å²) in [6.45, 7) is 2.00. The number of furan rings is 1. The van der Waals surface area contributed by atoms with Gasteiger partial charge in [0.25, 0.3) is 0 Å². The van der Waals surface area contributed by atoms with Crippen molar-refractivity contribution in [1.82, 2.24) is 5.32 Å². The van der Waals surface area contributed by atoms with Gasteiger partial charge in [-0.25, -0.2) is 0 Å². The van der Waals surface area contributed by atoms with Gasteiger partial charge in [0.05, 0.1) is 6.26 Å². The smallest absolute Gasteiger partial charge is 0.321 e. The van der Waals surface area contributed by atoms with Crippen LogP contribution in [-0.4, -0.2) is 23.2 Å². The van der Waals surface area contributed by atoms with Gasteiger partial charge in [0.15, 0.2) is 0 Å². The highest BCUT2D eigenvalue weighted by atomic mass is 16.4. The Labute approximate surface area is 141 Å². The first-order valence-electron chi connectivity index (χ1n) is 8.11. The second kappa shape index (κ2) is 7.32. The Kier molecular flexibility index (Phi) is 4.96. The molecule has 3 rings (SSSR count). The molecule has 2 atom stereocenters. The van der Waals surface area contributed by atoms with Gasteiger partial charge in [-0.05, 0) is 37.0 Å². The van der Waals surface area contributed by atoms with Gasteiger partial charge in [0.1, 0.15) is 11.6 Å². The number of hydrogen-bond acceptors (Lipinski definition) is 3. The maximum Gasteiger partial charge on any atom is 0.321 e. The minimum Gasteiger partial charge on any atom is -0.480 e. The summed E-state index contributed by atoms with van der Waals surface area (Å²) in [6, 6.07) is 17.0. The van der Waals surface area contributed by atoms with Crippen LogP contribution in [0.2, 0.25) is 0 Å². The zero-order chi connectivity index (χ0) is 16.9. The maximum absolute atomic E-state index is 11.6. The van der Waals surface area contributed by atoms with Crippen molar-refractivity contribution in [2.24, 2.45) is 0 Å². The van der Waals surface area contributed by atoms with Crippen LogP contribution in [0.5, 0.6) is 0 Å². The number of fused-ring (bicyclic) bond motifs is 1. The average molecular weight is 323 g/mol. The molecule has 0 aliphatic heterocycles. The molecule has 1 heterocycles. The van der Waals surface area contributed by atoms with Crippen LogP contribution in [0.3, 0.4) is 0 Å². The summed E-state index contributed by atoms with van der Waals surface area (Å²) in [5, 5.41) is 13.8. The first-order chi connectivity index (χ1) is 11.6. The average Bonchev–Trinajstić information content (AvgIpc) is 2.98. The van der Waals surface area contributed by atoms with Gasteiger partial charge in [-0.1, -0.05) is 48.5 Å². The fourth-order valence-corrected chi connectivity index (χ4v) is 2.99. The molecule has 0 aliphatic rings. The number of carbonyl (C=O) groups is 1. The molecule has 0 saturated carbocycles. The van der Waals surface area contributed by atoms with Gasteiger partial charge < -0.3 is 14.8 Å². The molecule has 0 bridgehead atoms. The van der Waals surface area contributed by atoms with Crippen molar-refractivity contribution < 1.29 is 14.3 Å². The molecular weight excluding hydrogens is 302 g/mol. The number of carboxylic acid groups (broad SMARTS) is 1. The molecule has 0 amide bonds. The first kappa shape index (κ1) is 16.3. The Hall–Kier alpha value is -2.59. The van der Waals surface area contributed by atoms with Crippen molar-refractivity contribution in [3.8, 4) is 0 Å². The van der Waals surface area contributed by atoms with E-state index in [0.29, 0.717) is 6.42 Å². The normalized spacial score (nSPS) is 13.7. The summed E-state index contributed by atoms with van der Waals surface area (Å²) in [4.78, 5) is 11.6. The van der Waals surface area contributed by atoms with Crippen LogP contribution < -0.4 is 5.32 Å². The number of rotatable bonds is 7. The van der Waals surface area contributed by atoms with E-state index in [1.54, 1.807) is 6.26 Å². The summed E-state index contributed by atoms with van der Waals surface area (Å²) in [5.74, 6) is -0.831. The van der Waals surface area contributed by atoms with Gasteiger partial charge in [-0.2, -0.15) is 0 Å². The van der Waals surface area contributed by atoms with E-state index in [-0.39, 0.29) is 6.04 Å². The third kappa shape index (κ3) is 3.84. The molecule has 2 aromatic carbocycles. The first-order valence-corrected chi connectivity index (χ1v) is 8.11. The molecule has 4 heteroatoms. The standard InChI is InChI=1S/C20H21NO3/c1-14(11-16-13-24-19-10-6-5-9-17(16)19)21-18(20(22)23)12-15-7-3-2-4-8-15/h2-10,13-14,18,21H,11-12H2,1H3,(H,22,23)/t14?,18-/m1/s1. The van der Waals surface area contributed by atoms with Gasteiger partial charge in [-0.15, -0.1) is 0 Å². The lowest BCUT2D eigenvalue weighted by Gasteiger charge is -2.20. The zero-order valence-electron chi connectivity index (χ0n) is 13.6. The molecule has 0 aliphatic carbocycles. The van der Waals surface area contributed by atoms with E-state index >= 15 is 0 Å². The van der Waals surface area contributed by atoms with Crippen LogP contribution in [0, 0.1) is 0 Å². The number of para-hydroxylation sites is 1. The minimum absolute atomic E-state index is 0.0239. The highest BCUT2D eigenvalue weighted by molar-refractivity contribution is 5.81. The predicted octanol–water partition coefficient (Wildman–Crippen LogP) is 3.65. The van der Waals surface area contributed by atoms with Crippen molar-refractivity contribution in [1.29, 1.82) is 0 Å². The summed E-state index contributed by atoms with van der Waals surface area (Å²) in [5.41, 5.74) is 2.96. The quantitative estimate of drug-likeness (QED) is 0.697. The van der Waals surface area contributed by atoms with Crippen LogP contribution in [0.1, 0.15) is 18.1 Å². The molecule has 0 radical (unpaired) electrons. The molecule has 1 unspecified atom stereocenters. The molecule has 3 aromatic rings. The number of benzene rings is 2. The van der Waals surface area contributed by atoms with Gasteiger partial charge in [-0.3, -0.25) is 4.79 Å². The fraction of sp³-hybridized carbons (Fsp3) is 0.250. The van der Waals surface area contributed by atoms with Crippen LogP contribution in [0.15, 0.2) is 65.3 Å². The van der Waals surface area contributed by atoms with Crippen molar-refractivity contribution >= 4 is 16.9 Å². The lowest BCUT2D eigenvalue weighted by Crippen LogP contribution is -2.44. The lowest BCUT2D eigenvalue weighted by atomic mass is 10.0. The summed E-state index contributed by atoms with van der Waals surface area (Å²) in [6.07, 6.45) is 2.94. The number of carboxylic acids is 1. The maximum atomic E-state index is 11.6. The van der Waals surface area contributed by atoms with Crippen LogP contribution >= 0.6 is 0 Å². The Bertz CT molecular complexity index is 810. The Balaban J connectivity index is 1.67. The highest BCUT2D eigenvalue weighted by Gasteiger charge is 2.20. The summed E-state index contributed by atoms with van der Waals surface area (Å²) < 4.78 is 5.55. The SMILES string of the molecule is CC(Cc1coc2ccccc12)N[C@H](Cc1ccccc1)C(=O)O. The van der Waals surface area contributed by atoms with E-state index in [0.717, 1.165) is 28.5 Å². The van der Waals surface area contributed by atoms with E-state index in [1.807, 2.05) is 61.5 Å². The van der Waals surface area contributed by atoms with Gasteiger partial charge in [0, 0.05) is 11.4 Å². The number of nitrogens with one attached hydrogen (secondary N) is 1. The second-order valence-electron chi connectivity index (χ2n) is 6.11. The monoisotopic (exact) mass is 323 g/mol. The van der Waals surface area contributed by atoms with Crippen molar-refractivity contribution in [3.05, 3.63) is 72.0 Å². The Morgan fingerprint density at radius 2 is 1.79 bits per heavy atom. The van der Waals surface area contributed by atoms with Gasteiger partial charge in [0.2, 0.25) is 0 Å². The van der Waals surface area contributed by atoms with Crippen LogP contribution in [0.4, 0.5) is 0 Å². The summed E-state index contributed by atoms with van der Waals surface area (Å²) in [7, 11) is 0.